The zero-order valence-corrected chi connectivity index (χ0v) is 15.9. The first-order valence-electron chi connectivity index (χ1n) is 9.03. The molecule has 27 heavy (non-hydrogen) atoms. The predicted molar refractivity (Wildman–Crippen MR) is 112 cm³/mol. The van der Waals surface area contributed by atoms with Crippen LogP contribution < -0.4 is 10.6 Å². The molecule has 1 heterocycles. The smallest absolute Gasteiger partial charge is 0.241 e. The molecule has 1 aliphatic heterocycles. The number of nitrogens with one attached hydrogen (secondary N) is 2. The zero-order valence-electron chi connectivity index (χ0n) is 15.1. The number of thioether (sulfide) groups is 1. The molecule has 0 aromatic heterocycles. The highest BCUT2D eigenvalue weighted by Crippen LogP contribution is 2.38. The van der Waals surface area contributed by atoms with E-state index in [4.69, 9.17) is 0 Å². The largest absolute Gasteiger partial charge is 0.341 e. The second kappa shape index (κ2) is 7.59. The van der Waals surface area contributed by atoms with E-state index in [1.807, 2.05) is 60.9 Å². The van der Waals surface area contributed by atoms with Gasteiger partial charge in [0.1, 0.15) is 6.04 Å². The lowest BCUT2D eigenvalue weighted by molar-refractivity contribution is -0.129. The Labute approximate surface area is 164 Å². The van der Waals surface area contributed by atoms with Gasteiger partial charge in [0, 0.05) is 0 Å². The number of hydrogen-bond donors (Lipinski definition) is 2. The van der Waals surface area contributed by atoms with Crippen LogP contribution in [0.4, 0.5) is 0 Å². The molecule has 2 N–H and O–H groups in total. The minimum atomic E-state index is -0.611. The molecule has 1 saturated heterocycles. The Morgan fingerprint density at radius 3 is 1.52 bits per heavy atom. The van der Waals surface area contributed by atoms with Crippen molar-refractivity contribution in [2.24, 2.45) is 0 Å². The van der Waals surface area contributed by atoms with Crippen LogP contribution in [0.2, 0.25) is 0 Å². The van der Waals surface area contributed by atoms with Gasteiger partial charge in [-0.2, -0.15) is 0 Å². The Kier molecular flexibility index (Phi) is 5.01. The van der Waals surface area contributed by atoms with Crippen LogP contribution in [0.15, 0.2) is 91.0 Å². The SMILES string of the molecule is CSC1NC(=O)[C@H]1NC(c1ccccc1)(c1ccccc1)c1ccccc1. The maximum atomic E-state index is 12.4. The summed E-state index contributed by atoms with van der Waals surface area (Å²) < 4.78 is 0. The minimum Gasteiger partial charge on any atom is -0.341 e. The van der Waals surface area contributed by atoms with Crippen LogP contribution in [0, 0.1) is 0 Å². The fourth-order valence-corrected chi connectivity index (χ4v) is 4.44. The summed E-state index contributed by atoms with van der Waals surface area (Å²) in [6.45, 7) is 0. The molecule has 1 aliphatic rings. The van der Waals surface area contributed by atoms with E-state index in [1.165, 1.54) is 0 Å². The van der Waals surface area contributed by atoms with E-state index < -0.39 is 5.54 Å². The summed E-state index contributed by atoms with van der Waals surface area (Å²) in [5, 5.41) is 6.78. The van der Waals surface area contributed by atoms with Crippen molar-refractivity contribution in [2.75, 3.05) is 6.26 Å². The molecular formula is C23H22N2OS. The molecule has 4 rings (SSSR count). The van der Waals surface area contributed by atoms with E-state index in [-0.39, 0.29) is 17.3 Å². The van der Waals surface area contributed by atoms with Crippen LogP contribution in [-0.4, -0.2) is 23.6 Å². The molecule has 3 aromatic carbocycles. The monoisotopic (exact) mass is 374 g/mol. The van der Waals surface area contributed by atoms with Gasteiger partial charge >= 0.3 is 0 Å². The number of β-lactam (4-membered cyclic amide) rings is 1. The molecule has 2 atom stereocenters. The first-order chi connectivity index (χ1) is 13.3. The number of amides is 1. The normalized spacial score (nSPS) is 19.2. The van der Waals surface area contributed by atoms with E-state index in [2.05, 4.69) is 47.0 Å². The number of benzene rings is 3. The molecule has 3 aromatic rings. The molecule has 0 aliphatic carbocycles. The summed E-state index contributed by atoms with van der Waals surface area (Å²) in [5.41, 5.74) is 2.73. The van der Waals surface area contributed by atoms with Crippen LogP contribution >= 0.6 is 11.8 Å². The number of carbonyl (C=O) groups excluding carboxylic acids is 1. The highest BCUT2D eigenvalue weighted by Gasteiger charge is 2.46. The lowest BCUT2D eigenvalue weighted by Crippen LogP contribution is -2.70. The molecule has 4 heteroatoms. The van der Waals surface area contributed by atoms with Crippen molar-refractivity contribution in [2.45, 2.75) is 17.0 Å². The van der Waals surface area contributed by atoms with Crippen LogP contribution in [0.25, 0.3) is 0 Å². The van der Waals surface area contributed by atoms with Gasteiger partial charge in [-0.25, -0.2) is 0 Å². The van der Waals surface area contributed by atoms with Crippen molar-refractivity contribution in [3.05, 3.63) is 108 Å². The van der Waals surface area contributed by atoms with Crippen molar-refractivity contribution in [1.29, 1.82) is 0 Å². The van der Waals surface area contributed by atoms with Crippen molar-refractivity contribution < 1.29 is 4.79 Å². The Bertz CT molecular complexity index is 803. The summed E-state index contributed by atoms with van der Waals surface area (Å²) in [6, 6.07) is 30.8. The van der Waals surface area contributed by atoms with Gasteiger partial charge in [0.05, 0.1) is 10.9 Å². The lowest BCUT2D eigenvalue weighted by Gasteiger charge is -2.45. The average molecular weight is 375 g/mol. The van der Waals surface area contributed by atoms with E-state index in [1.54, 1.807) is 11.8 Å². The second-order valence-corrected chi connectivity index (χ2v) is 7.61. The van der Waals surface area contributed by atoms with Crippen LogP contribution in [0.1, 0.15) is 16.7 Å². The summed E-state index contributed by atoms with van der Waals surface area (Å²) in [4.78, 5) is 12.4. The Balaban J connectivity index is 1.93. The van der Waals surface area contributed by atoms with Gasteiger partial charge in [-0.1, -0.05) is 91.0 Å². The van der Waals surface area contributed by atoms with Crippen molar-refractivity contribution in [1.82, 2.24) is 10.6 Å². The summed E-state index contributed by atoms with van der Waals surface area (Å²) in [6.07, 6.45) is 2.02. The fourth-order valence-electron chi connectivity index (χ4n) is 3.74. The maximum absolute atomic E-state index is 12.4. The Hall–Kier alpha value is -2.56. The molecule has 136 valence electrons. The first-order valence-corrected chi connectivity index (χ1v) is 10.3. The third kappa shape index (κ3) is 3.15. The molecule has 0 bridgehead atoms. The van der Waals surface area contributed by atoms with Gasteiger partial charge in [-0.05, 0) is 22.9 Å². The summed E-state index contributed by atoms with van der Waals surface area (Å²) in [7, 11) is 0. The minimum absolute atomic E-state index is 0.0431. The molecule has 1 amide bonds. The van der Waals surface area contributed by atoms with Crippen LogP contribution in [0.3, 0.4) is 0 Å². The van der Waals surface area contributed by atoms with E-state index in [9.17, 15) is 4.79 Å². The van der Waals surface area contributed by atoms with Crippen LogP contribution in [0.5, 0.6) is 0 Å². The average Bonchev–Trinajstić information content (AvgIpc) is 2.74. The molecule has 1 fully saturated rings. The third-order valence-electron chi connectivity index (χ3n) is 5.12. The number of rotatable bonds is 6. The highest BCUT2D eigenvalue weighted by atomic mass is 32.2. The van der Waals surface area contributed by atoms with Gasteiger partial charge in [0.25, 0.3) is 0 Å². The van der Waals surface area contributed by atoms with Crippen molar-refractivity contribution in [3.8, 4) is 0 Å². The Morgan fingerprint density at radius 1 is 0.778 bits per heavy atom. The molecule has 1 unspecified atom stereocenters. The maximum Gasteiger partial charge on any atom is 0.241 e. The fraction of sp³-hybridized carbons (Fsp3) is 0.174. The molecule has 0 spiro atoms. The van der Waals surface area contributed by atoms with Crippen molar-refractivity contribution in [3.63, 3.8) is 0 Å². The number of carbonyl (C=O) groups is 1. The predicted octanol–water partition coefficient (Wildman–Crippen LogP) is 3.76. The van der Waals surface area contributed by atoms with Gasteiger partial charge < -0.3 is 5.32 Å². The quantitative estimate of drug-likeness (QED) is 0.510. The van der Waals surface area contributed by atoms with Gasteiger partial charge in [0.2, 0.25) is 5.91 Å². The first kappa shape index (κ1) is 17.8. The lowest BCUT2D eigenvalue weighted by atomic mass is 9.76. The molecule has 0 saturated carbocycles. The standard InChI is InChI=1S/C23H22N2OS/c1-27-22-20(21(26)24-22)25-23(17-11-5-2-6-12-17,18-13-7-3-8-14-18)19-15-9-4-10-16-19/h2-16,20,22,25H,1H3,(H,24,26)/t20-,22?/m1/s1. The van der Waals surface area contributed by atoms with E-state index in [0.29, 0.717) is 0 Å². The summed E-state index contributed by atoms with van der Waals surface area (Å²) in [5.74, 6) is 0.0431. The zero-order chi connectivity index (χ0) is 18.7. The van der Waals surface area contributed by atoms with Gasteiger partial charge in [0.15, 0.2) is 0 Å². The molecular weight excluding hydrogens is 352 g/mol. The topological polar surface area (TPSA) is 41.1 Å². The number of hydrogen-bond acceptors (Lipinski definition) is 3. The van der Waals surface area contributed by atoms with Crippen LogP contribution in [-0.2, 0) is 10.3 Å². The Morgan fingerprint density at radius 2 is 1.19 bits per heavy atom. The van der Waals surface area contributed by atoms with Gasteiger partial charge in [-0.15, -0.1) is 11.8 Å². The highest BCUT2D eigenvalue weighted by molar-refractivity contribution is 7.99. The van der Waals surface area contributed by atoms with Crippen molar-refractivity contribution >= 4 is 17.7 Å². The second-order valence-electron chi connectivity index (χ2n) is 6.63. The molecule has 0 radical (unpaired) electrons. The molecule has 3 nitrogen and oxygen atoms in total. The summed E-state index contributed by atoms with van der Waals surface area (Å²) >= 11 is 1.66. The van der Waals surface area contributed by atoms with E-state index >= 15 is 0 Å². The van der Waals surface area contributed by atoms with Gasteiger partial charge in [-0.3, -0.25) is 10.1 Å². The van der Waals surface area contributed by atoms with E-state index in [0.717, 1.165) is 16.7 Å². The third-order valence-corrected chi connectivity index (χ3v) is 6.01.